The van der Waals surface area contributed by atoms with E-state index in [1.54, 1.807) is 0 Å². The van der Waals surface area contributed by atoms with Crippen LogP contribution in [0.5, 0.6) is 0 Å². The van der Waals surface area contributed by atoms with E-state index >= 15 is 0 Å². The van der Waals surface area contributed by atoms with Crippen molar-refractivity contribution < 1.29 is 9.53 Å². The highest BCUT2D eigenvalue weighted by molar-refractivity contribution is 5.68. The predicted octanol–water partition coefficient (Wildman–Crippen LogP) is 2.27. The van der Waals surface area contributed by atoms with E-state index in [9.17, 15) is 4.79 Å². The molecule has 0 bridgehead atoms. The molecule has 4 heteroatoms. The number of nitrogens with one attached hydrogen (secondary N) is 1. The number of rotatable bonds is 4. The Labute approximate surface area is 98.9 Å². The number of carbonyl (C=O) groups is 1. The molecule has 0 heterocycles. The fraction of sp³-hybridized carbons (Fsp3) is 0.917. The summed E-state index contributed by atoms with van der Waals surface area (Å²) >= 11 is 0. The lowest BCUT2D eigenvalue weighted by molar-refractivity contribution is 0.0459. The topological polar surface area (TPSA) is 64.3 Å². The van der Waals surface area contributed by atoms with Crippen molar-refractivity contribution in [2.75, 3.05) is 6.54 Å². The largest absolute Gasteiger partial charge is 0.444 e. The van der Waals surface area contributed by atoms with E-state index in [0.29, 0.717) is 6.54 Å². The molecule has 0 saturated heterocycles. The van der Waals surface area contributed by atoms with Gasteiger partial charge in [0.2, 0.25) is 0 Å². The zero-order chi connectivity index (χ0) is 13.0. The van der Waals surface area contributed by atoms with E-state index in [0.717, 1.165) is 6.42 Å². The molecule has 0 aromatic rings. The molecule has 0 spiro atoms. The Kier molecular flexibility index (Phi) is 5.26. The summed E-state index contributed by atoms with van der Waals surface area (Å²) in [7, 11) is 0. The molecule has 0 rings (SSSR count). The van der Waals surface area contributed by atoms with Crippen LogP contribution < -0.4 is 11.1 Å². The molecule has 0 fully saturated rings. The van der Waals surface area contributed by atoms with Gasteiger partial charge >= 0.3 is 6.09 Å². The summed E-state index contributed by atoms with van der Waals surface area (Å²) < 4.78 is 5.20. The van der Waals surface area contributed by atoms with Crippen molar-refractivity contribution in [3.05, 3.63) is 0 Å². The van der Waals surface area contributed by atoms with Gasteiger partial charge in [0.1, 0.15) is 5.60 Å². The van der Waals surface area contributed by atoms with E-state index in [1.165, 1.54) is 0 Å². The fourth-order valence-electron chi connectivity index (χ4n) is 1.27. The zero-order valence-electron chi connectivity index (χ0n) is 11.4. The molecule has 0 radical (unpaired) electrons. The Balaban J connectivity index is 4.40. The Morgan fingerprint density at radius 2 is 1.81 bits per heavy atom. The van der Waals surface area contributed by atoms with Crippen LogP contribution in [0, 0.1) is 5.41 Å². The summed E-state index contributed by atoms with van der Waals surface area (Å²) in [6, 6.07) is -0.0626. The second-order valence-corrected chi connectivity index (χ2v) is 5.78. The molecule has 0 aliphatic heterocycles. The van der Waals surface area contributed by atoms with Gasteiger partial charge in [0.25, 0.3) is 0 Å². The second kappa shape index (κ2) is 5.53. The third kappa shape index (κ3) is 5.35. The maximum Gasteiger partial charge on any atom is 0.407 e. The standard InChI is InChI=1S/C12H26N2O2/c1-7-12(5,6)9(8-13)14-10(15)16-11(2,3)4/h9H,7-8,13H2,1-6H3,(H,14,15). The number of hydrogen-bond donors (Lipinski definition) is 2. The number of ether oxygens (including phenoxy) is 1. The number of amides is 1. The van der Waals surface area contributed by atoms with Gasteiger partial charge < -0.3 is 15.8 Å². The Morgan fingerprint density at radius 3 is 2.12 bits per heavy atom. The third-order valence-electron chi connectivity index (χ3n) is 2.78. The van der Waals surface area contributed by atoms with Crippen molar-refractivity contribution in [3.63, 3.8) is 0 Å². The first kappa shape index (κ1) is 15.2. The summed E-state index contributed by atoms with van der Waals surface area (Å²) in [6.45, 7) is 12.2. The molecule has 16 heavy (non-hydrogen) atoms. The van der Waals surface area contributed by atoms with Gasteiger partial charge in [-0.15, -0.1) is 0 Å². The van der Waals surface area contributed by atoms with Gasteiger partial charge in [0.15, 0.2) is 0 Å². The maximum atomic E-state index is 11.6. The fourth-order valence-corrected chi connectivity index (χ4v) is 1.27. The van der Waals surface area contributed by atoms with Crippen molar-refractivity contribution >= 4 is 6.09 Å². The molecule has 1 atom stereocenters. The van der Waals surface area contributed by atoms with Gasteiger partial charge in [-0.2, -0.15) is 0 Å². The summed E-state index contributed by atoms with van der Waals surface area (Å²) in [5.41, 5.74) is 5.18. The highest BCUT2D eigenvalue weighted by Gasteiger charge is 2.29. The first-order valence-electron chi connectivity index (χ1n) is 5.82. The van der Waals surface area contributed by atoms with Crippen molar-refractivity contribution in [1.82, 2.24) is 5.32 Å². The van der Waals surface area contributed by atoms with Crippen LogP contribution in [-0.2, 0) is 4.74 Å². The summed E-state index contributed by atoms with van der Waals surface area (Å²) in [4.78, 5) is 11.6. The van der Waals surface area contributed by atoms with Crippen LogP contribution in [0.25, 0.3) is 0 Å². The van der Waals surface area contributed by atoms with Crippen LogP contribution in [0.2, 0.25) is 0 Å². The second-order valence-electron chi connectivity index (χ2n) is 5.78. The first-order valence-corrected chi connectivity index (χ1v) is 5.82. The summed E-state index contributed by atoms with van der Waals surface area (Å²) in [6.07, 6.45) is 0.550. The van der Waals surface area contributed by atoms with Gasteiger partial charge in [-0.25, -0.2) is 4.79 Å². The van der Waals surface area contributed by atoms with E-state index < -0.39 is 11.7 Å². The average Bonchev–Trinajstić information content (AvgIpc) is 2.11. The van der Waals surface area contributed by atoms with Gasteiger partial charge in [-0.1, -0.05) is 20.8 Å². The van der Waals surface area contributed by atoms with Crippen molar-refractivity contribution in [2.45, 2.75) is 59.6 Å². The lowest BCUT2D eigenvalue weighted by atomic mass is 9.82. The maximum absolute atomic E-state index is 11.6. The highest BCUT2D eigenvalue weighted by Crippen LogP contribution is 2.24. The molecule has 0 saturated carbocycles. The Hall–Kier alpha value is -0.770. The number of nitrogens with two attached hydrogens (primary N) is 1. The number of carbonyl (C=O) groups excluding carboxylic acids is 1. The van der Waals surface area contributed by atoms with E-state index in [-0.39, 0.29) is 11.5 Å². The van der Waals surface area contributed by atoms with Gasteiger partial charge in [0.05, 0.1) is 0 Å². The molecule has 3 N–H and O–H groups in total. The molecular weight excluding hydrogens is 204 g/mol. The molecule has 0 aliphatic carbocycles. The SMILES string of the molecule is CCC(C)(C)C(CN)NC(=O)OC(C)(C)C. The van der Waals surface area contributed by atoms with Crippen LogP contribution >= 0.6 is 0 Å². The van der Waals surface area contributed by atoms with Crippen LogP contribution in [0.15, 0.2) is 0 Å². The number of alkyl carbamates (subject to hydrolysis) is 1. The first-order chi connectivity index (χ1) is 7.12. The van der Waals surface area contributed by atoms with Gasteiger partial charge in [-0.3, -0.25) is 0 Å². The van der Waals surface area contributed by atoms with Crippen molar-refractivity contribution in [2.24, 2.45) is 11.1 Å². The minimum Gasteiger partial charge on any atom is -0.444 e. The minimum atomic E-state index is -0.473. The Bertz CT molecular complexity index is 232. The molecule has 1 unspecified atom stereocenters. The van der Waals surface area contributed by atoms with Crippen LogP contribution in [0.4, 0.5) is 4.79 Å². The summed E-state index contributed by atoms with van der Waals surface area (Å²) in [5, 5.41) is 2.83. The average molecular weight is 230 g/mol. The zero-order valence-corrected chi connectivity index (χ0v) is 11.4. The van der Waals surface area contributed by atoms with E-state index in [1.807, 2.05) is 20.8 Å². The number of hydrogen-bond acceptors (Lipinski definition) is 3. The lowest BCUT2D eigenvalue weighted by Crippen LogP contribution is -2.50. The normalized spacial score (nSPS) is 14.4. The van der Waals surface area contributed by atoms with Crippen LogP contribution in [-0.4, -0.2) is 24.3 Å². The molecule has 96 valence electrons. The molecule has 0 aromatic heterocycles. The van der Waals surface area contributed by atoms with E-state index in [2.05, 4.69) is 26.1 Å². The molecule has 0 aromatic carbocycles. The lowest BCUT2D eigenvalue weighted by Gasteiger charge is -2.33. The third-order valence-corrected chi connectivity index (χ3v) is 2.78. The minimum absolute atomic E-state index is 0.0222. The van der Waals surface area contributed by atoms with Crippen LogP contribution in [0.1, 0.15) is 48.0 Å². The van der Waals surface area contributed by atoms with E-state index in [4.69, 9.17) is 10.5 Å². The smallest absolute Gasteiger partial charge is 0.407 e. The van der Waals surface area contributed by atoms with Gasteiger partial charge in [0, 0.05) is 12.6 Å². The van der Waals surface area contributed by atoms with Crippen molar-refractivity contribution in [1.29, 1.82) is 0 Å². The van der Waals surface area contributed by atoms with Gasteiger partial charge in [-0.05, 0) is 32.6 Å². The van der Waals surface area contributed by atoms with Crippen LogP contribution in [0.3, 0.4) is 0 Å². The summed E-state index contributed by atoms with van der Waals surface area (Å²) in [5.74, 6) is 0. The highest BCUT2D eigenvalue weighted by atomic mass is 16.6. The predicted molar refractivity (Wildman–Crippen MR) is 66.3 cm³/mol. The molecule has 0 aliphatic rings. The molecular formula is C12H26N2O2. The Morgan fingerprint density at radius 1 is 1.31 bits per heavy atom. The quantitative estimate of drug-likeness (QED) is 0.778. The molecule has 4 nitrogen and oxygen atoms in total. The molecule has 1 amide bonds. The van der Waals surface area contributed by atoms with Crippen molar-refractivity contribution in [3.8, 4) is 0 Å². The monoisotopic (exact) mass is 230 g/mol.